The Labute approximate surface area is 106 Å². The molecule has 102 valence electrons. The van der Waals surface area contributed by atoms with E-state index in [0.29, 0.717) is 12.0 Å². The summed E-state index contributed by atoms with van der Waals surface area (Å²) in [4.78, 5) is 2.44. The Bertz CT molecular complexity index is 193. The molecule has 0 aromatic carbocycles. The maximum atomic E-state index is 10.2. The van der Waals surface area contributed by atoms with Gasteiger partial charge >= 0.3 is 0 Å². The Morgan fingerprint density at radius 1 is 1.41 bits per heavy atom. The average molecular weight is 243 g/mol. The van der Waals surface area contributed by atoms with Gasteiger partial charge in [0.05, 0.1) is 12.7 Å². The highest BCUT2D eigenvalue weighted by molar-refractivity contribution is 4.78. The lowest BCUT2D eigenvalue weighted by atomic mass is 10.0. The van der Waals surface area contributed by atoms with Crippen LogP contribution in [0.15, 0.2) is 0 Å². The lowest BCUT2D eigenvalue weighted by Crippen LogP contribution is -2.42. The maximum absolute atomic E-state index is 10.2. The molecule has 3 heteroatoms. The van der Waals surface area contributed by atoms with E-state index in [4.69, 9.17) is 4.74 Å². The van der Waals surface area contributed by atoms with Crippen molar-refractivity contribution in [3.05, 3.63) is 0 Å². The summed E-state index contributed by atoms with van der Waals surface area (Å²) in [5.74, 6) is 0.350. The van der Waals surface area contributed by atoms with Gasteiger partial charge in [0.15, 0.2) is 0 Å². The smallest absolute Gasteiger partial charge is 0.0718 e. The minimum Gasteiger partial charge on any atom is -0.391 e. The second-order valence-electron chi connectivity index (χ2n) is 5.30. The molecule has 1 rings (SSSR count). The molecule has 0 amide bonds. The predicted molar refractivity (Wildman–Crippen MR) is 71.2 cm³/mol. The third-order valence-electron chi connectivity index (χ3n) is 3.94. The van der Waals surface area contributed by atoms with Gasteiger partial charge in [0.25, 0.3) is 0 Å². The molecular weight excluding hydrogens is 214 g/mol. The molecule has 0 spiro atoms. The summed E-state index contributed by atoms with van der Waals surface area (Å²) >= 11 is 0. The molecule has 3 unspecified atom stereocenters. The second kappa shape index (κ2) is 8.06. The number of rotatable bonds is 8. The summed E-state index contributed by atoms with van der Waals surface area (Å²) < 4.78 is 5.35. The molecule has 1 N–H and O–H groups in total. The van der Waals surface area contributed by atoms with E-state index in [9.17, 15) is 5.11 Å². The lowest BCUT2D eigenvalue weighted by Gasteiger charge is -2.31. The predicted octanol–water partition coefficient (Wildman–Crippen LogP) is 2.28. The fourth-order valence-electron chi connectivity index (χ4n) is 2.36. The van der Waals surface area contributed by atoms with Gasteiger partial charge in [-0.05, 0) is 32.7 Å². The van der Waals surface area contributed by atoms with Gasteiger partial charge in [-0.3, -0.25) is 4.90 Å². The molecule has 0 radical (unpaired) electrons. The standard InChI is InChI=1S/C14H29NO2/c1-4-6-8-15(12(3)5-2)10-14(16)13-7-9-17-11-13/h12-14,16H,4-11H2,1-3H3. The normalized spacial score (nSPS) is 24.2. The summed E-state index contributed by atoms with van der Waals surface area (Å²) in [5, 5.41) is 10.2. The maximum Gasteiger partial charge on any atom is 0.0718 e. The summed E-state index contributed by atoms with van der Waals surface area (Å²) in [7, 11) is 0. The van der Waals surface area contributed by atoms with E-state index < -0.39 is 0 Å². The monoisotopic (exact) mass is 243 g/mol. The number of hydrogen-bond acceptors (Lipinski definition) is 3. The average Bonchev–Trinajstić information content (AvgIpc) is 2.87. The third kappa shape index (κ3) is 4.94. The van der Waals surface area contributed by atoms with Crippen molar-refractivity contribution in [1.82, 2.24) is 4.90 Å². The molecule has 0 aromatic rings. The Morgan fingerprint density at radius 3 is 2.71 bits per heavy atom. The molecule has 1 aliphatic rings. The summed E-state index contributed by atoms with van der Waals surface area (Å²) in [6.45, 7) is 10.2. The van der Waals surface area contributed by atoms with E-state index in [0.717, 1.165) is 39.1 Å². The van der Waals surface area contributed by atoms with E-state index >= 15 is 0 Å². The van der Waals surface area contributed by atoms with Gasteiger partial charge in [-0.25, -0.2) is 0 Å². The van der Waals surface area contributed by atoms with E-state index in [1.807, 2.05) is 0 Å². The highest BCUT2D eigenvalue weighted by Gasteiger charge is 2.26. The first-order chi connectivity index (χ1) is 8.19. The number of ether oxygens (including phenoxy) is 1. The van der Waals surface area contributed by atoms with E-state index in [2.05, 4.69) is 25.7 Å². The van der Waals surface area contributed by atoms with Crippen molar-refractivity contribution in [2.45, 2.75) is 58.6 Å². The van der Waals surface area contributed by atoms with Crippen molar-refractivity contribution >= 4 is 0 Å². The van der Waals surface area contributed by atoms with Gasteiger partial charge in [0.2, 0.25) is 0 Å². The number of aliphatic hydroxyl groups excluding tert-OH is 1. The minimum absolute atomic E-state index is 0.219. The van der Waals surface area contributed by atoms with Crippen LogP contribution in [0.5, 0.6) is 0 Å². The van der Waals surface area contributed by atoms with Crippen LogP contribution in [0.4, 0.5) is 0 Å². The van der Waals surface area contributed by atoms with Crippen LogP contribution in [0.25, 0.3) is 0 Å². The quantitative estimate of drug-likeness (QED) is 0.710. The fourth-order valence-corrected chi connectivity index (χ4v) is 2.36. The van der Waals surface area contributed by atoms with Gasteiger partial charge < -0.3 is 9.84 Å². The zero-order chi connectivity index (χ0) is 12.7. The SMILES string of the molecule is CCCCN(CC(O)C1CCOC1)C(C)CC. The Balaban J connectivity index is 2.39. The van der Waals surface area contributed by atoms with Crippen molar-refractivity contribution in [3.63, 3.8) is 0 Å². The van der Waals surface area contributed by atoms with Crippen molar-refractivity contribution in [2.75, 3.05) is 26.3 Å². The Morgan fingerprint density at radius 2 is 2.18 bits per heavy atom. The van der Waals surface area contributed by atoms with Gasteiger partial charge in [0, 0.05) is 25.1 Å². The number of unbranched alkanes of at least 4 members (excludes halogenated alkanes) is 1. The van der Waals surface area contributed by atoms with E-state index in [1.165, 1.54) is 12.8 Å². The van der Waals surface area contributed by atoms with Crippen LogP contribution in [0.3, 0.4) is 0 Å². The topological polar surface area (TPSA) is 32.7 Å². The zero-order valence-corrected chi connectivity index (χ0v) is 11.7. The largest absolute Gasteiger partial charge is 0.391 e. The first kappa shape index (κ1) is 14.9. The Kier molecular flexibility index (Phi) is 7.09. The van der Waals surface area contributed by atoms with Crippen LogP contribution < -0.4 is 0 Å². The van der Waals surface area contributed by atoms with Crippen molar-refractivity contribution in [2.24, 2.45) is 5.92 Å². The molecule has 1 heterocycles. The number of aliphatic hydroxyl groups is 1. The summed E-state index contributed by atoms with van der Waals surface area (Å²) in [6.07, 6.45) is 4.39. The van der Waals surface area contributed by atoms with Crippen LogP contribution in [0, 0.1) is 5.92 Å². The molecule has 1 saturated heterocycles. The third-order valence-corrected chi connectivity index (χ3v) is 3.94. The summed E-state index contributed by atoms with van der Waals surface area (Å²) in [6, 6.07) is 0.568. The van der Waals surface area contributed by atoms with Crippen LogP contribution in [0.1, 0.15) is 46.5 Å². The van der Waals surface area contributed by atoms with Crippen LogP contribution in [-0.2, 0) is 4.74 Å². The first-order valence-electron chi connectivity index (χ1n) is 7.18. The molecule has 0 bridgehead atoms. The number of nitrogens with zero attached hydrogens (tertiary/aromatic N) is 1. The van der Waals surface area contributed by atoms with Crippen LogP contribution >= 0.6 is 0 Å². The zero-order valence-electron chi connectivity index (χ0n) is 11.7. The van der Waals surface area contributed by atoms with Crippen molar-refractivity contribution in [3.8, 4) is 0 Å². The molecule has 3 nitrogen and oxygen atoms in total. The summed E-state index contributed by atoms with van der Waals surface area (Å²) in [5.41, 5.74) is 0. The van der Waals surface area contributed by atoms with Crippen molar-refractivity contribution < 1.29 is 9.84 Å². The van der Waals surface area contributed by atoms with Crippen LogP contribution in [-0.4, -0.2) is 48.5 Å². The van der Waals surface area contributed by atoms with E-state index in [1.54, 1.807) is 0 Å². The molecule has 17 heavy (non-hydrogen) atoms. The Hall–Kier alpha value is -0.120. The van der Waals surface area contributed by atoms with Crippen molar-refractivity contribution in [1.29, 1.82) is 0 Å². The molecular formula is C14H29NO2. The van der Waals surface area contributed by atoms with E-state index in [-0.39, 0.29) is 6.10 Å². The van der Waals surface area contributed by atoms with Gasteiger partial charge in [-0.2, -0.15) is 0 Å². The minimum atomic E-state index is -0.219. The molecule has 0 aromatic heterocycles. The van der Waals surface area contributed by atoms with Gasteiger partial charge in [-0.15, -0.1) is 0 Å². The molecule has 0 saturated carbocycles. The second-order valence-corrected chi connectivity index (χ2v) is 5.30. The number of hydrogen-bond donors (Lipinski definition) is 1. The molecule has 1 fully saturated rings. The van der Waals surface area contributed by atoms with Gasteiger partial charge in [-0.1, -0.05) is 20.3 Å². The highest BCUT2D eigenvalue weighted by Crippen LogP contribution is 2.19. The van der Waals surface area contributed by atoms with Crippen LogP contribution in [0.2, 0.25) is 0 Å². The lowest BCUT2D eigenvalue weighted by molar-refractivity contribution is 0.0423. The molecule has 1 aliphatic heterocycles. The molecule has 3 atom stereocenters. The molecule has 0 aliphatic carbocycles. The highest BCUT2D eigenvalue weighted by atomic mass is 16.5. The first-order valence-corrected chi connectivity index (χ1v) is 7.18. The van der Waals surface area contributed by atoms with Gasteiger partial charge in [0.1, 0.15) is 0 Å². The fraction of sp³-hybridized carbons (Fsp3) is 1.00.